The summed E-state index contributed by atoms with van der Waals surface area (Å²) in [5.41, 5.74) is -0.794. The number of methoxy groups -OCH3 is 2. The summed E-state index contributed by atoms with van der Waals surface area (Å²) in [6, 6.07) is 4.13. The number of nitrogens with zero attached hydrogens (tertiary/aromatic N) is 2. The van der Waals surface area contributed by atoms with Crippen LogP contribution in [-0.4, -0.2) is 297 Å². The predicted molar refractivity (Wildman–Crippen MR) is 355 cm³/mol. The summed E-state index contributed by atoms with van der Waals surface area (Å²) in [5, 5.41) is 4.53. The van der Waals surface area contributed by atoms with Crippen molar-refractivity contribution < 1.29 is 191 Å². The van der Waals surface area contributed by atoms with Gasteiger partial charge in [-0.2, -0.15) is 0 Å². The molecule has 6 aliphatic rings. The van der Waals surface area contributed by atoms with Crippen molar-refractivity contribution in [1.29, 1.82) is 0 Å². The fourth-order valence-electron chi connectivity index (χ4n) is 11.8. The summed E-state index contributed by atoms with van der Waals surface area (Å²) in [4.78, 5) is 243. The Morgan fingerprint density at radius 3 is 0.920 bits per heavy atom. The SMILES string of the molecule is COC(=O)CNC(=O)CN1C(=O)[C@H]2O[C@H](OC/C=C/CO[C@H]3O[C@H](C(=O)N(CC(=O)NCC(=O)OC)c4ccc1cc4)[C@@H](OC(C)=O)[C@H](O[C@H]1O[C@H](COC(C)=O)[C@@H](OC(C)=O)[C@H](OC(C)=O)[C@@H]1OC(C)=O)[C@H]3OC(C)=O)[C@H](OC(C)=O)[C@@H](O[C@H]1O[C@H](COC(C)=O)[C@@H](OC(C)=O)[C@H](OC(C)=O)[C@@H]1OC(C)=O)[C@@H]2OC(C)=O. The zero-order valence-corrected chi connectivity index (χ0v) is 62.9. The zero-order chi connectivity index (χ0) is 83.1. The number of anilines is 2. The maximum absolute atomic E-state index is 16.0. The molecule has 2 N–H and O–H groups in total. The summed E-state index contributed by atoms with van der Waals surface area (Å²) >= 11 is 0. The molecule has 0 saturated carbocycles. The molecule has 6 bridgehead atoms. The Morgan fingerprint density at radius 1 is 0.357 bits per heavy atom. The minimum atomic E-state index is -2.40. The summed E-state index contributed by atoms with van der Waals surface area (Å²) in [6.07, 6.45) is -39.8. The predicted octanol–water partition coefficient (Wildman–Crippen LogP) is -3.35. The third-order valence-corrected chi connectivity index (χ3v) is 16.0. The largest absolute Gasteiger partial charge is 0.468 e. The Morgan fingerprint density at radius 2 is 0.634 bits per heavy atom. The van der Waals surface area contributed by atoms with Crippen molar-refractivity contribution in [3.8, 4) is 0 Å². The lowest BCUT2D eigenvalue weighted by Crippen LogP contribution is -2.68. The molecular formula is C68H86N4O40. The van der Waals surface area contributed by atoms with E-state index in [0.29, 0.717) is 9.80 Å². The monoisotopic (exact) mass is 1600 g/mol. The first-order chi connectivity index (χ1) is 52.8. The second-order valence-electron chi connectivity index (χ2n) is 24.7. The first-order valence-electron chi connectivity index (χ1n) is 34.0. The molecule has 0 unspecified atom stereocenters. The van der Waals surface area contributed by atoms with E-state index in [-0.39, 0.29) is 0 Å². The van der Waals surface area contributed by atoms with Gasteiger partial charge < -0.3 is 125 Å². The molecule has 0 radical (unpaired) electrons. The van der Waals surface area contributed by atoms with E-state index in [4.69, 9.17) is 94.7 Å². The van der Waals surface area contributed by atoms with Crippen LogP contribution in [0.15, 0.2) is 36.4 Å². The number of hydrogen-bond acceptors (Lipinski definition) is 40. The Labute approximate surface area is 636 Å². The highest BCUT2D eigenvalue weighted by Gasteiger charge is 2.62. The topological polar surface area (TPSA) is 541 Å². The molecule has 4 amide bonds. The molecule has 0 spiro atoms. The van der Waals surface area contributed by atoms with Gasteiger partial charge in [-0.25, -0.2) is 0 Å². The van der Waals surface area contributed by atoms with Crippen LogP contribution < -0.4 is 20.4 Å². The van der Waals surface area contributed by atoms with Gasteiger partial charge in [0.05, 0.1) is 27.4 Å². The number of hydrogen-bond donors (Lipinski definition) is 2. The summed E-state index contributed by atoms with van der Waals surface area (Å²) < 4.78 is 127. The Balaban J connectivity index is 1.66. The molecular weight excluding hydrogens is 1510 g/mol. The highest BCUT2D eigenvalue weighted by molar-refractivity contribution is 6.04. The lowest BCUT2D eigenvalue weighted by atomic mass is 9.95. The lowest BCUT2D eigenvalue weighted by molar-refractivity contribution is -0.356. The smallest absolute Gasteiger partial charge is 0.325 e. The standard InChI is InChI=1S/C68H86N4O40/c1-29(73)95-27-43-49(97-31(3)75)51(99-33(5)77)61(105-39(11)83)67(107-43)109-55-53(101-35(7)79)57-63(89)71(25-45(85)69-23-47(87)91-13)41-17-19-42(20-18-41)72(26-46(86)70-24-48(88)92-14)64(90)58-54(102-36(8)80)56(60(104-38(10)82)66(112-58)94-22-16-15-21-93-65(111-57)59(55)103-37(9)81)110-68-62(106-40(12)84)52(100-34(6)78)50(98-32(4)76)44(108-68)28-96-30(2)74/h15-20,43-44,49-62,65-68H,21-28H2,1-14H3,(H,69,85)(H,70,86)/b16-15+/t43-,44-,49-,50-,51+,52+,53+,54+,55+,56+,57+,58+,59-,60-,61+,62+,65+,66+,67-,68-/m1/s1. The van der Waals surface area contributed by atoms with Crippen LogP contribution in [0.5, 0.6) is 0 Å². The van der Waals surface area contributed by atoms with Gasteiger partial charge in [-0.1, -0.05) is 12.2 Å². The summed E-state index contributed by atoms with van der Waals surface area (Å²) in [5.74, 6) is -20.3. The fraction of sp³-hybridized carbons (Fsp3) is 0.618. The van der Waals surface area contributed by atoms with Crippen LogP contribution in [0.1, 0.15) is 83.1 Å². The fourth-order valence-corrected chi connectivity index (χ4v) is 11.8. The van der Waals surface area contributed by atoms with Gasteiger partial charge in [0.15, 0.2) is 98.4 Å². The maximum Gasteiger partial charge on any atom is 0.325 e. The van der Waals surface area contributed by atoms with Crippen LogP contribution in [0, 0.1) is 0 Å². The first kappa shape index (κ1) is 90.0. The molecule has 618 valence electrons. The van der Waals surface area contributed by atoms with Crippen LogP contribution in [-0.2, 0) is 191 Å². The van der Waals surface area contributed by atoms with Crippen molar-refractivity contribution in [2.75, 3.05) is 76.6 Å². The van der Waals surface area contributed by atoms with E-state index in [1.807, 2.05) is 0 Å². The van der Waals surface area contributed by atoms with E-state index in [0.717, 1.165) is 134 Å². The van der Waals surface area contributed by atoms with Gasteiger partial charge in [-0.05, 0) is 24.3 Å². The number of benzene rings is 1. The number of fused-ring (bicyclic) bond motifs is 8. The van der Waals surface area contributed by atoms with Gasteiger partial charge in [0.1, 0.15) is 63.8 Å². The number of nitrogens with one attached hydrogen (secondary N) is 2. The van der Waals surface area contributed by atoms with Crippen LogP contribution in [0.3, 0.4) is 0 Å². The molecule has 20 atom stereocenters. The Bertz CT molecular complexity index is 3450. The minimum Gasteiger partial charge on any atom is -0.468 e. The van der Waals surface area contributed by atoms with Gasteiger partial charge in [0.25, 0.3) is 11.8 Å². The van der Waals surface area contributed by atoms with Crippen molar-refractivity contribution in [2.45, 2.75) is 206 Å². The van der Waals surface area contributed by atoms with E-state index in [1.165, 1.54) is 0 Å². The van der Waals surface area contributed by atoms with Crippen molar-refractivity contribution in [2.24, 2.45) is 0 Å². The van der Waals surface area contributed by atoms with E-state index in [2.05, 4.69) is 20.1 Å². The second-order valence-corrected chi connectivity index (χ2v) is 24.7. The third kappa shape index (κ3) is 25.8. The van der Waals surface area contributed by atoms with Crippen molar-refractivity contribution in [3.63, 3.8) is 0 Å². The van der Waals surface area contributed by atoms with Gasteiger partial charge in [0, 0.05) is 94.5 Å². The highest BCUT2D eigenvalue weighted by atomic mass is 16.8. The Kier molecular flexibility index (Phi) is 33.7. The van der Waals surface area contributed by atoms with E-state index >= 15 is 9.59 Å². The summed E-state index contributed by atoms with van der Waals surface area (Å²) in [7, 11) is 1.98. The molecule has 0 aliphatic carbocycles. The van der Waals surface area contributed by atoms with Gasteiger partial charge in [0.2, 0.25) is 11.8 Å². The normalized spacial score (nSPS) is 28.7. The van der Waals surface area contributed by atoms with E-state index in [9.17, 15) is 76.7 Å². The molecule has 44 heteroatoms. The van der Waals surface area contributed by atoms with Gasteiger partial charge >= 0.3 is 83.6 Å². The number of esters is 14. The second kappa shape index (κ2) is 41.9. The molecule has 1 aromatic rings. The molecule has 44 nitrogen and oxygen atoms in total. The van der Waals surface area contributed by atoms with E-state index in [1.54, 1.807) is 0 Å². The maximum atomic E-state index is 16.0. The Hall–Kier alpha value is -10.9. The molecule has 6 aliphatic heterocycles. The van der Waals surface area contributed by atoms with Gasteiger partial charge in [-0.15, -0.1) is 0 Å². The number of amides is 4. The molecule has 7 rings (SSSR count). The zero-order valence-electron chi connectivity index (χ0n) is 62.9. The lowest BCUT2D eigenvalue weighted by Gasteiger charge is -2.49. The third-order valence-electron chi connectivity index (χ3n) is 16.0. The quantitative estimate of drug-likeness (QED) is 0.0520. The van der Waals surface area contributed by atoms with Crippen LogP contribution >= 0.6 is 0 Å². The van der Waals surface area contributed by atoms with Crippen molar-refractivity contribution in [1.82, 2.24) is 10.6 Å². The molecule has 112 heavy (non-hydrogen) atoms. The minimum absolute atomic E-state index is 0.397. The molecule has 1 aromatic carbocycles. The molecule has 4 saturated heterocycles. The number of carbonyl (C=O) groups excluding carboxylic acids is 18. The number of rotatable bonds is 26. The number of ether oxygens (including phenoxy) is 22. The first-order valence-corrected chi connectivity index (χ1v) is 34.0. The average molecular weight is 1600 g/mol. The molecule has 0 aromatic heterocycles. The van der Waals surface area contributed by atoms with Crippen LogP contribution in [0.25, 0.3) is 0 Å². The van der Waals surface area contributed by atoms with Crippen molar-refractivity contribution >= 4 is 119 Å². The van der Waals surface area contributed by atoms with E-state index < -0.39 is 294 Å². The molecule has 6 heterocycles. The number of carbonyl (C=O) groups is 18. The van der Waals surface area contributed by atoms with Crippen LogP contribution in [0.2, 0.25) is 0 Å². The van der Waals surface area contributed by atoms with Crippen molar-refractivity contribution in [3.05, 3.63) is 36.4 Å². The summed E-state index contributed by atoms with van der Waals surface area (Å²) in [6.45, 7) is 3.77. The van der Waals surface area contributed by atoms with Gasteiger partial charge in [-0.3, -0.25) is 86.3 Å². The molecule has 4 fully saturated rings. The van der Waals surface area contributed by atoms with Crippen LogP contribution in [0.4, 0.5) is 11.4 Å². The average Bonchev–Trinajstić information content (AvgIpc) is 0.747. The highest BCUT2D eigenvalue weighted by Crippen LogP contribution is 2.40.